The van der Waals surface area contributed by atoms with Crippen LogP contribution >= 0.6 is 0 Å². The van der Waals surface area contributed by atoms with E-state index >= 15 is 0 Å². The minimum atomic E-state index is -0.327. The summed E-state index contributed by atoms with van der Waals surface area (Å²) in [7, 11) is 0. The van der Waals surface area contributed by atoms with Gasteiger partial charge in [0.25, 0.3) is 5.91 Å². The van der Waals surface area contributed by atoms with Gasteiger partial charge < -0.3 is 19.9 Å². The molecule has 2 N–H and O–H groups in total. The van der Waals surface area contributed by atoms with Crippen LogP contribution in [0.4, 0.5) is 10.1 Å². The van der Waals surface area contributed by atoms with Crippen molar-refractivity contribution in [3.8, 4) is 0 Å². The van der Waals surface area contributed by atoms with Crippen LogP contribution in [0.2, 0.25) is 0 Å². The molecule has 0 saturated carbocycles. The van der Waals surface area contributed by atoms with Gasteiger partial charge in [0.15, 0.2) is 0 Å². The molecule has 1 aromatic heterocycles. The molecule has 0 atom stereocenters. The smallest absolute Gasteiger partial charge is 0.267 e. The number of morpholine rings is 1. The second kappa shape index (κ2) is 12.5. The number of amides is 2. The first-order valence-corrected chi connectivity index (χ1v) is 13.1. The van der Waals surface area contributed by atoms with Crippen molar-refractivity contribution >= 4 is 34.5 Å². The summed E-state index contributed by atoms with van der Waals surface area (Å²) in [5.74, 6) is -0.815. The molecule has 0 aliphatic carbocycles. The molecule has 2 heterocycles. The fourth-order valence-corrected chi connectivity index (χ4v) is 4.67. The topological polar surface area (TPSA) is 75.6 Å². The van der Waals surface area contributed by atoms with Crippen molar-refractivity contribution in [3.05, 3.63) is 108 Å². The number of fused-ring (bicyclic) bond motifs is 1. The summed E-state index contributed by atoms with van der Waals surface area (Å²) in [6.07, 6.45) is 3.23. The first-order valence-electron chi connectivity index (χ1n) is 13.1. The van der Waals surface area contributed by atoms with E-state index < -0.39 is 0 Å². The van der Waals surface area contributed by atoms with Crippen LogP contribution in [0, 0.1) is 5.82 Å². The summed E-state index contributed by atoms with van der Waals surface area (Å²) in [6.45, 7) is 4.52. The number of rotatable bonds is 9. The number of benzene rings is 3. The van der Waals surface area contributed by atoms with Gasteiger partial charge >= 0.3 is 0 Å². The van der Waals surface area contributed by atoms with E-state index in [1.54, 1.807) is 36.4 Å². The maximum Gasteiger partial charge on any atom is 0.267 e. The number of halogens is 1. The highest BCUT2D eigenvalue weighted by atomic mass is 19.1. The third kappa shape index (κ3) is 6.79. The first kappa shape index (κ1) is 26.3. The molecule has 0 radical (unpaired) electrons. The number of carbonyl (C=O) groups is 2. The summed E-state index contributed by atoms with van der Waals surface area (Å²) >= 11 is 0. The van der Waals surface area contributed by atoms with E-state index in [0.717, 1.165) is 36.1 Å². The third-order valence-corrected chi connectivity index (χ3v) is 6.73. The first-order chi connectivity index (χ1) is 19.1. The Balaban J connectivity index is 1.36. The van der Waals surface area contributed by atoms with Crippen LogP contribution < -0.4 is 10.6 Å². The fourth-order valence-electron chi connectivity index (χ4n) is 4.67. The maximum absolute atomic E-state index is 14.5. The quantitative estimate of drug-likeness (QED) is 0.314. The lowest BCUT2D eigenvalue weighted by atomic mass is 10.2. The van der Waals surface area contributed by atoms with Crippen molar-refractivity contribution in [1.82, 2.24) is 14.8 Å². The number of hydrogen-bond acceptors (Lipinski definition) is 4. The van der Waals surface area contributed by atoms with Crippen LogP contribution in [-0.4, -0.2) is 60.7 Å². The molecule has 7 nitrogen and oxygen atoms in total. The molecule has 0 bridgehead atoms. The lowest BCUT2D eigenvalue weighted by molar-refractivity contribution is -0.111. The Bertz CT molecular complexity index is 1480. The van der Waals surface area contributed by atoms with Gasteiger partial charge in [0.1, 0.15) is 11.5 Å². The van der Waals surface area contributed by atoms with Gasteiger partial charge in [0.05, 0.1) is 19.8 Å². The molecule has 200 valence electrons. The number of anilines is 1. The van der Waals surface area contributed by atoms with Gasteiger partial charge in [-0.3, -0.25) is 14.5 Å². The third-order valence-electron chi connectivity index (χ3n) is 6.73. The molecule has 4 aromatic rings. The highest BCUT2D eigenvalue weighted by molar-refractivity contribution is 6.04. The molecule has 8 heteroatoms. The summed E-state index contributed by atoms with van der Waals surface area (Å²) in [6, 6.07) is 23.4. The molecule has 5 rings (SSSR count). The van der Waals surface area contributed by atoms with Crippen molar-refractivity contribution in [1.29, 1.82) is 0 Å². The predicted molar refractivity (Wildman–Crippen MR) is 151 cm³/mol. The number of carbonyl (C=O) groups excluding carboxylic acids is 2. The van der Waals surface area contributed by atoms with Crippen LogP contribution in [-0.2, 0) is 16.1 Å². The van der Waals surface area contributed by atoms with E-state index in [9.17, 15) is 14.0 Å². The number of aromatic nitrogens is 1. The number of nitrogens with zero attached hydrogens (tertiary/aromatic N) is 2. The minimum Gasteiger partial charge on any atom is -0.379 e. The van der Waals surface area contributed by atoms with Crippen molar-refractivity contribution in [2.75, 3.05) is 44.7 Å². The molecule has 3 aromatic carbocycles. The zero-order valence-corrected chi connectivity index (χ0v) is 21.6. The van der Waals surface area contributed by atoms with E-state index in [2.05, 4.69) is 15.5 Å². The van der Waals surface area contributed by atoms with Crippen molar-refractivity contribution in [2.24, 2.45) is 0 Å². The Morgan fingerprint density at radius 3 is 2.51 bits per heavy atom. The second-order valence-corrected chi connectivity index (χ2v) is 9.42. The Labute approximate surface area is 226 Å². The monoisotopic (exact) mass is 526 g/mol. The van der Waals surface area contributed by atoms with Crippen LogP contribution in [0.3, 0.4) is 0 Å². The van der Waals surface area contributed by atoms with E-state index in [-0.39, 0.29) is 24.2 Å². The maximum atomic E-state index is 14.5. The molecule has 1 aliphatic rings. The van der Waals surface area contributed by atoms with Crippen molar-refractivity contribution in [3.63, 3.8) is 0 Å². The molecule has 1 aliphatic heterocycles. The Hall–Kier alpha value is -4.27. The number of hydrogen-bond donors (Lipinski definition) is 2. The predicted octanol–water partition coefficient (Wildman–Crippen LogP) is 4.54. The lowest BCUT2D eigenvalue weighted by Gasteiger charge is -2.26. The lowest BCUT2D eigenvalue weighted by Crippen LogP contribution is -2.41. The minimum absolute atomic E-state index is 0.202. The van der Waals surface area contributed by atoms with Gasteiger partial charge in [-0.25, -0.2) is 4.39 Å². The average molecular weight is 527 g/mol. The highest BCUT2D eigenvalue weighted by Gasteiger charge is 2.18. The molecule has 0 unspecified atom stereocenters. The fraction of sp³-hybridized carbons (Fsp3) is 0.226. The summed E-state index contributed by atoms with van der Waals surface area (Å²) in [5.41, 5.74) is 3.23. The molecular weight excluding hydrogens is 495 g/mol. The SMILES string of the molecule is O=C(/C=C/c1ccccc1)Nc1ccc2c(c1)cc(C(=O)NCCN1CCOCC1)n2Cc1ccccc1F. The average Bonchev–Trinajstić information content (AvgIpc) is 3.32. The molecular formula is C31H31FN4O3. The van der Waals surface area contributed by atoms with Gasteiger partial charge in [-0.1, -0.05) is 48.5 Å². The molecule has 1 fully saturated rings. The summed E-state index contributed by atoms with van der Waals surface area (Å²) in [4.78, 5) is 28.0. The number of ether oxygens (including phenoxy) is 1. The van der Waals surface area contributed by atoms with E-state index in [0.29, 0.717) is 36.7 Å². The Morgan fingerprint density at radius 2 is 1.72 bits per heavy atom. The number of nitrogens with one attached hydrogen (secondary N) is 2. The molecule has 1 saturated heterocycles. The zero-order chi connectivity index (χ0) is 27.0. The van der Waals surface area contributed by atoms with Crippen LogP contribution in [0.5, 0.6) is 0 Å². The Morgan fingerprint density at radius 1 is 0.949 bits per heavy atom. The largest absolute Gasteiger partial charge is 0.379 e. The Kier molecular flexibility index (Phi) is 8.45. The van der Waals surface area contributed by atoms with Crippen LogP contribution in [0.25, 0.3) is 17.0 Å². The highest BCUT2D eigenvalue weighted by Crippen LogP contribution is 2.25. The molecule has 0 spiro atoms. The molecule has 2 amide bonds. The van der Waals surface area contributed by atoms with Gasteiger partial charge in [-0.05, 0) is 42.0 Å². The standard InChI is InChI=1S/C31H31FN4O3/c32-27-9-5-4-8-24(27)22-36-28-12-11-26(34-30(37)13-10-23-6-2-1-3-7-23)20-25(28)21-29(36)31(38)33-14-15-35-16-18-39-19-17-35/h1-13,20-21H,14-19,22H2,(H,33,38)(H,34,37)/b13-10+. The van der Waals surface area contributed by atoms with Crippen molar-refractivity contribution in [2.45, 2.75) is 6.54 Å². The van der Waals surface area contributed by atoms with Crippen LogP contribution in [0.1, 0.15) is 21.6 Å². The summed E-state index contributed by atoms with van der Waals surface area (Å²) < 4.78 is 21.7. The van der Waals surface area contributed by atoms with Gasteiger partial charge in [-0.15, -0.1) is 0 Å². The van der Waals surface area contributed by atoms with Gasteiger partial charge in [0.2, 0.25) is 5.91 Å². The second-order valence-electron chi connectivity index (χ2n) is 9.42. The van der Waals surface area contributed by atoms with Crippen LogP contribution in [0.15, 0.2) is 84.9 Å². The molecule has 39 heavy (non-hydrogen) atoms. The van der Waals surface area contributed by atoms with Gasteiger partial charge in [-0.2, -0.15) is 0 Å². The van der Waals surface area contributed by atoms with E-state index in [1.165, 1.54) is 12.1 Å². The normalized spacial score (nSPS) is 14.1. The summed E-state index contributed by atoms with van der Waals surface area (Å²) in [5, 5.41) is 6.67. The van der Waals surface area contributed by atoms with Gasteiger partial charge in [0, 0.05) is 54.4 Å². The van der Waals surface area contributed by atoms with E-state index in [4.69, 9.17) is 4.74 Å². The zero-order valence-electron chi connectivity index (χ0n) is 21.6. The van der Waals surface area contributed by atoms with E-state index in [1.807, 2.05) is 47.0 Å². The van der Waals surface area contributed by atoms with Crippen molar-refractivity contribution < 1.29 is 18.7 Å².